The second kappa shape index (κ2) is 8.87. The van der Waals surface area contributed by atoms with Crippen molar-refractivity contribution in [1.29, 1.82) is 0 Å². The SMILES string of the molecule is Cc1ccc(C)c(C(=O)N2CC[C@@H]3NC(=O)[C@H]4C[C@H](NC(=O)Cc5cccs5)CN4C(=O)[C@H]32)c1. The largest absolute Gasteiger partial charge is 0.351 e. The van der Waals surface area contributed by atoms with Crippen LogP contribution in [0.15, 0.2) is 35.7 Å². The van der Waals surface area contributed by atoms with Crippen LogP contribution in [0.25, 0.3) is 0 Å². The monoisotopic (exact) mass is 480 g/mol. The summed E-state index contributed by atoms with van der Waals surface area (Å²) in [5, 5.41) is 7.92. The summed E-state index contributed by atoms with van der Waals surface area (Å²) in [4.78, 5) is 56.7. The van der Waals surface area contributed by atoms with Gasteiger partial charge in [0, 0.05) is 29.6 Å². The Bertz CT molecular complexity index is 1150. The highest BCUT2D eigenvalue weighted by Crippen LogP contribution is 2.30. The van der Waals surface area contributed by atoms with Gasteiger partial charge in [0.2, 0.25) is 17.7 Å². The Kier molecular flexibility index (Phi) is 5.89. The van der Waals surface area contributed by atoms with Gasteiger partial charge >= 0.3 is 0 Å². The van der Waals surface area contributed by atoms with Crippen molar-refractivity contribution in [1.82, 2.24) is 20.4 Å². The molecule has 2 aromatic rings. The molecule has 1 aromatic heterocycles. The molecule has 0 unspecified atom stereocenters. The molecular weight excluding hydrogens is 452 g/mol. The van der Waals surface area contributed by atoms with Crippen molar-refractivity contribution in [2.45, 2.75) is 57.3 Å². The smallest absolute Gasteiger partial charge is 0.254 e. The lowest BCUT2D eigenvalue weighted by molar-refractivity contribution is -0.138. The Balaban J connectivity index is 1.33. The maximum absolute atomic E-state index is 13.7. The maximum atomic E-state index is 13.7. The van der Waals surface area contributed by atoms with E-state index in [0.717, 1.165) is 16.0 Å². The van der Waals surface area contributed by atoms with Crippen molar-refractivity contribution < 1.29 is 19.2 Å². The molecule has 1 aromatic carbocycles. The van der Waals surface area contributed by atoms with E-state index in [0.29, 0.717) is 24.9 Å². The first kappa shape index (κ1) is 22.6. The summed E-state index contributed by atoms with van der Waals surface area (Å²) in [6.45, 7) is 4.49. The molecule has 3 fully saturated rings. The molecule has 3 aliphatic heterocycles. The highest BCUT2D eigenvalue weighted by atomic mass is 32.1. The van der Waals surface area contributed by atoms with E-state index in [1.165, 1.54) is 11.3 Å². The lowest BCUT2D eigenvalue weighted by Crippen LogP contribution is -2.52. The standard InChI is InChI=1S/C25H28N4O4S/c1-14-5-6-15(2)18(10-14)24(32)28-8-7-19-22(28)25(33)29-13-16(11-20(29)23(31)27-19)26-21(30)12-17-4-3-9-34-17/h3-6,9-10,16,19-20,22H,7-8,11-13H2,1-2H3,(H,26,30)(H,27,31)/t16-,19-,20+,22-/m0/s1. The topological polar surface area (TPSA) is 98.8 Å². The van der Waals surface area contributed by atoms with Crippen LogP contribution >= 0.6 is 11.3 Å². The molecule has 0 aliphatic carbocycles. The molecule has 5 rings (SSSR count). The molecule has 3 aliphatic rings. The average Bonchev–Trinajstić information content (AvgIpc) is 3.53. The van der Waals surface area contributed by atoms with Gasteiger partial charge in [-0.25, -0.2) is 0 Å². The van der Waals surface area contributed by atoms with Crippen LogP contribution < -0.4 is 10.6 Å². The fraction of sp³-hybridized carbons (Fsp3) is 0.440. The van der Waals surface area contributed by atoms with Gasteiger partial charge in [0.15, 0.2) is 0 Å². The van der Waals surface area contributed by atoms with Crippen LogP contribution in [0.4, 0.5) is 0 Å². The van der Waals surface area contributed by atoms with E-state index < -0.39 is 18.1 Å². The van der Waals surface area contributed by atoms with Gasteiger partial charge in [-0.3, -0.25) is 19.2 Å². The zero-order valence-electron chi connectivity index (χ0n) is 19.2. The fourth-order valence-corrected chi connectivity index (χ4v) is 6.03. The average molecular weight is 481 g/mol. The number of likely N-dealkylation sites (tertiary alicyclic amines) is 1. The summed E-state index contributed by atoms with van der Waals surface area (Å²) >= 11 is 1.52. The molecule has 4 amide bonds. The first-order valence-electron chi connectivity index (χ1n) is 11.6. The number of fused-ring (bicyclic) bond motifs is 2. The number of carbonyl (C=O) groups excluding carboxylic acids is 4. The number of carbonyl (C=O) groups is 4. The second-order valence-corrected chi connectivity index (χ2v) is 10.5. The molecule has 8 nitrogen and oxygen atoms in total. The van der Waals surface area contributed by atoms with Crippen molar-refractivity contribution >= 4 is 35.0 Å². The molecule has 0 saturated carbocycles. The third-order valence-corrected chi connectivity index (χ3v) is 7.91. The van der Waals surface area contributed by atoms with Gasteiger partial charge in [-0.2, -0.15) is 0 Å². The second-order valence-electron chi connectivity index (χ2n) is 9.43. The number of rotatable bonds is 4. The van der Waals surface area contributed by atoms with Crippen LogP contribution in [-0.2, 0) is 20.8 Å². The molecule has 4 heterocycles. The molecule has 9 heteroatoms. The Morgan fingerprint density at radius 1 is 1.21 bits per heavy atom. The van der Waals surface area contributed by atoms with Crippen molar-refractivity contribution in [3.63, 3.8) is 0 Å². The van der Waals surface area contributed by atoms with Gasteiger partial charge in [0.05, 0.1) is 12.5 Å². The van der Waals surface area contributed by atoms with Crippen molar-refractivity contribution in [3.8, 4) is 0 Å². The van der Waals surface area contributed by atoms with E-state index >= 15 is 0 Å². The summed E-state index contributed by atoms with van der Waals surface area (Å²) in [5.41, 5.74) is 2.42. The molecule has 0 radical (unpaired) electrons. The number of aryl methyl sites for hydroxylation is 2. The normalized spacial score (nSPS) is 26.1. The van der Waals surface area contributed by atoms with Gasteiger partial charge in [-0.1, -0.05) is 23.8 Å². The van der Waals surface area contributed by atoms with Gasteiger partial charge in [0.1, 0.15) is 12.1 Å². The molecule has 0 spiro atoms. The summed E-state index contributed by atoms with van der Waals surface area (Å²) in [6.07, 6.45) is 1.19. The fourth-order valence-electron chi connectivity index (χ4n) is 5.33. The van der Waals surface area contributed by atoms with E-state index in [2.05, 4.69) is 10.6 Å². The van der Waals surface area contributed by atoms with Crippen LogP contribution in [0.3, 0.4) is 0 Å². The molecule has 2 N–H and O–H groups in total. The quantitative estimate of drug-likeness (QED) is 0.691. The van der Waals surface area contributed by atoms with Gasteiger partial charge in [-0.15, -0.1) is 11.3 Å². The van der Waals surface area contributed by atoms with Gasteiger partial charge in [0.25, 0.3) is 5.91 Å². The predicted octanol–water partition coefficient (Wildman–Crippen LogP) is 1.41. The number of benzene rings is 1. The summed E-state index contributed by atoms with van der Waals surface area (Å²) in [7, 11) is 0. The number of nitrogens with zero attached hydrogens (tertiary/aromatic N) is 2. The minimum atomic E-state index is -0.734. The summed E-state index contributed by atoms with van der Waals surface area (Å²) < 4.78 is 0. The van der Waals surface area contributed by atoms with Crippen LogP contribution in [-0.4, -0.2) is 70.7 Å². The molecule has 0 bridgehead atoms. The Morgan fingerprint density at radius 2 is 2.03 bits per heavy atom. The zero-order valence-corrected chi connectivity index (χ0v) is 20.1. The highest BCUT2D eigenvalue weighted by Gasteiger charge is 2.52. The number of thiophene rings is 1. The Labute approximate surface area is 202 Å². The first-order valence-corrected chi connectivity index (χ1v) is 12.5. The number of hydrogen-bond acceptors (Lipinski definition) is 5. The van der Waals surface area contributed by atoms with Gasteiger partial charge < -0.3 is 20.4 Å². The number of hydrogen-bond donors (Lipinski definition) is 2. The highest BCUT2D eigenvalue weighted by molar-refractivity contribution is 7.10. The lowest BCUT2D eigenvalue weighted by atomic mass is 10.0. The molecular formula is C25H28N4O4S. The van der Waals surface area contributed by atoms with E-state index in [9.17, 15) is 19.2 Å². The first-order chi connectivity index (χ1) is 16.3. The van der Waals surface area contributed by atoms with Crippen molar-refractivity contribution in [2.75, 3.05) is 13.1 Å². The van der Waals surface area contributed by atoms with Crippen LogP contribution in [0.1, 0.15) is 39.2 Å². The third kappa shape index (κ3) is 4.09. The summed E-state index contributed by atoms with van der Waals surface area (Å²) in [6, 6.07) is 7.46. The maximum Gasteiger partial charge on any atom is 0.254 e. The molecule has 4 atom stereocenters. The molecule has 34 heavy (non-hydrogen) atoms. The number of nitrogens with one attached hydrogen (secondary N) is 2. The van der Waals surface area contributed by atoms with E-state index in [-0.39, 0.29) is 42.6 Å². The number of amides is 4. The molecule has 3 saturated heterocycles. The lowest BCUT2D eigenvalue weighted by Gasteiger charge is -2.29. The van der Waals surface area contributed by atoms with Crippen molar-refractivity contribution in [2.24, 2.45) is 0 Å². The summed E-state index contributed by atoms with van der Waals surface area (Å²) in [5.74, 6) is -0.741. The Morgan fingerprint density at radius 3 is 2.79 bits per heavy atom. The molecule has 178 valence electrons. The van der Waals surface area contributed by atoms with Crippen LogP contribution in [0.5, 0.6) is 0 Å². The Hall–Kier alpha value is -3.20. The zero-order chi connectivity index (χ0) is 24.0. The van der Waals surface area contributed by atoms with Crippen LogP contribution in [0, 0.1) is 13.8 Å². The minimum absolute atomic E-state index is 0.122. The van der Waals surface area contributed by atoms with E-state index in [1.54, 1.807) is 9.80 Å². The minimum Gasteiger partial charge on any atom is -0.351 e. The van der Waals surface area contributed by atoms with E-state index in [1.807, 2.05) is 49.6 Å². The van der Waals surface area contributed by atoms with Crippen LogP contribution in [0.2, 0.25) is 0 Å². The van der Waals surface area contributed by atoms with Crippen molar-refractivity contribution in [3.05, 3.63) is 57.3 Å². The third-order valence-electron chi connectivity index (χ3n) is 7.03. The van der Waals surface area contributed by atoms with E-state index in [4.69, 9.17) is 0 Å². The predicted molar refractivity (Wildman–Crippen MR) is 127 cm³/mol. The van der Waals surface area contributed by atoms with Gasteiger partial charge in [-0.05, 0) is 49.8 Å².